The molecule has 0 bridgehead atoms. The standard InChI is InChI=1S/C29H22Cl2N2O5S2/c1-2-38-29(35)24-23(18-10-14-20(31)15-11-18)25(40(36,37)21-6-4-3-5-7-21)26(32)33-27(34)22(39-28(24)33)16-17-8-12-19(30)13-9-17/h3-16,23H,2,32H2,1H3/b22-16+/t23-/m0/s1. The Hall–Kier alpha value is -3.63. The summed E-state index contributed by atoms with van der Waals surface area (Å²) in [6, 6.07) is 21.0. The summed E-state index contributed by atoms with van der Waals surface area (Å²) in [5.74, 6) is -2.21. The number of aromatic nitrogens is 1. The number of halogens is 2. The molecule has 5 rings (SSSR count). The van der Waals surface area contributed by atoms with Crippen LogP contribution in [0.15, 0.2) is 93.5 Å². The van der Waals surface area contributed by atoms with Crippen molar-refractivity contribution < 1.29 is 17.9 Å². The molecule has 40 heavy (non-hydrogen) atoms. The third-order valence-corrected chi connectivity index (χ3v) is 9.84. The van der Waals surface area contributed by atoms with E-state index in [-0.39, 0.29) is 37.0 Å². The molecule has 0 saturated carbocycles. The molecule has 0 fully saturated rings. The Balaban J connectivity index is 1.92. The van der Waals surface area contributed by atoms with Crippen LogP contribution in [0.5, 0.6) is 0 Å². The Morgan fingerprint density at radius 1 is 1.00 bits per heavy atom. The van der Waals surface area contributed by atoms with E-state index in [0.29, 0.717) is 21.2 Å². The van der Waals surface area contributed by atoms with Gasteiger partial charge < -0.3 is 10.5 Å². The topological polar surface area (TPSA) is 108 Å². The molecule has 0 unspecified atom stereocenters. The highest BCUT2D eigenvalue weighted by Gasteiger charge is 2.42. The van der Waals surface area contributed by atoms with Crippen molar-refractivity contribution in [1.82, 2.24) is 4.57 Å². The summed E-state index contributed by atoms with van der Waals surface area (Å²) < 4.78 is 35.2. The third-order valence-electron chi connectivity index (χ3n) is 6.31. The molecule has 2 heterocycles. The van der Waals surface area contributed by atoms with Crippen LogP contribution in [-0.4, -0.2) is 25.6 Å². The van der Waals surface area contributed by atoms with Gasteiger partial charge >= 0.3 is 5.97 Å². The van der Waals surface area contributed by atoms with Crippen molar-refractivity contribution in [2.45, 2.75) is 17.7 Å². The molecule has 0 amide bonds. The highest BCUT2D eigenvalue weighted by molar-refractivity contribution is 7.95. The van der Waals surface area contributed by atoms with Crippen molar-refractivity contribution in [2.24, 2.45) is 5.73 Å². The van der Waals surface area contributed by atoms with Gasteiger partial charge in [0.1, 0.15) is 15.4 Å². The first-order valence-electron chi connectivity index (χ1n) is 12.1. The summed E-state index contributed by atoms with van der Waals surface area (Å²) in [6.07, 6.45) is 1.63. The Kier molecular flexibility index (Phi) is 7.74. The van der Waals surface area contributed by atoms with Gasteiger partial charge in [-0.1, -0.05) is 65.7 Å². The molecule has 1 atom stereocenters. The first-order chi connectivity index (χ1) is 19.1. The molecule has 7 nitrogen and oxygen atoms in total. The van der Waals surface area contributed by atoms with Gasteiger partial charge in [-0.25, -0.2) is 13.2 Å². The van der Waals surface area contributed by atoms with E-state index in [2.05, 4.69) is 0 Å². The molecule has 4 aromatic rings. The van der Waals surface area contributed by atoms with Crippen molar-refractivity contribution in [3.05, 3.63) is 124 Å². The van der Waals surface area contributed by atoms with Crippen molar-refractivity contribution in [3.8, 4) is 0 Å². The van der Waals surface area contributed by atoms with Crippen LogP contribution in [0.1, 0.15) is 24.0 Å². The fraction of sp³-hybridized carbons (Fsp3) is 0.103. The molecule has 11 heteroatoms. The van der Waals surface area contributed by atoms with Crippen molar-refractivity contribution in [1.29, 1.82) is 0 Å². The average Bonchev–Trinajstić information content (AvgIpc) is 3.26. The molecule has 2 N–H and O–H groups in total. The summed E-state index contributed by atoms with van der Waals surface area (Å²) in [7, 11) is -4.30. The second kappa shape index (κ2) is 11.1. The van der Waals surface area contributed by atoms with Gasteiger partial charge in [0.25, 0.3) is 5.56 Å². The number of fused-ring (bicyclic) bond motifs is 1. The number of carbonyl (C=O) groups excluding carboxylic acids is 1. The number of sulfone groups is 1. The molecule has 1 aliphatic rings. The quantitative estimate of drug-likeness (QED) is 0.328. The number of allylic oxidation sites excluding steroid dienone is 1. The Morgan fingerprint density at radius 2 is 1.60 bits per heavy atom. The van der Waals surface area contributed by atoms with Crippen LogP contribution in [0, 0.1) is 0 Å². The van der Waals surface area contributed by atoms with Gasteiger partial charge in [0.05, 0.1) is 27.5 Å². The van der Waals surface area contributed by atoms with Gasteiger partial charge in [0.15, 0.2) is 0 Å². The molecule has 0 radical (unpaired) electrons. The molecular formula is C29H22Cl2N2O5S2. The highest BCUT2D eigenvalue weighted by atomic mass is 35.5. The minimum Gasteiger partial charge on any atom is -0.463 e. The van der Waals surface area contributed by atoms with Gasteiger partial charge in [-0.3, -0.25) is 9.36 Å². The number of hydrogen-bond acceptors (Lipinski definition) is 7. The Labute approximate surface area is 244 Å². The minimum atomic E-state index is -4.30. The summed E-state index contributed by atoms with van der Waals surface area (Å²) in [6.45, 7) is 1.68. The Bertz CT molecular complexity index is 1930. The number of esters is 1. The van der Waals surface area contributed by atoms with Crippen LogP contribution in [0.25, 0.3) is 17.5 Å². The minimum absolute atomic E-state index is 0.00858. The second-order valence-electron chi connectivity index (χ2n) is 8.79. The maximum absolute atomic E-state index is 14.2. The SMILES string of the molecule is CCOC(=O)C1=c2s/c(=C/c3ccc(Cl)cc3)c(=O)n2C(N)=C(S(=O)(=O)c2ccccc2)[C@H]1c1ccc(Cl)cc1. The normalized spacial score (nSPS) is 15.7. The molecular weight excluding hydrogens is 591 g/mol. The van der Waals surface area contributed by atoms with Crippen LogP contribution < -0.4 is 20.5 Å². The van der Waals surface area contributed by atoms with Crippen LogP contribution in [0.3, 0.4) is 0 Å². The fourth-order valence-corrected chi connectivity index (χ4v) is 7.63. The van der Waals surface area contributed by atoms with E-state index in [4.69, 9.17) is 33.7 Å². The van der Waals surface area contributed by atoms with E-state index in [1.165, 1.54) is 12.1 Å². The van der Waals surface area contributed by atoms with Gasteiger partial charge in [0, 0.05) is 10.0 Å². The van der Waals surface area contributed by atoms with Gasteiger partial charge in [-0.05, 0) is 60.5 Å². The number of thiazole rings is 1. The zero-order chi connectivity index (χ0) is 28.6. The highest BCUT2D eigenvalue weighted by Crippen LogP contribution is 2.42. The lowest BCUT2D eigenvalue weighted by Gasteiger charge is -2.28. The monoisotopic (exact) mass is 612 g/mol. The van der Waals surface area contributed by atoms with Crippen molar-refractivity contribution in [3.63, 3.8) is 0 Å². The number of benzene rings is 3. The largest absolute Gasteiger partial charge is 0.463 e. The van der Waals surface area contributed by atoms with E-state index < -0.39 is 27.3 Å². The van der Waals surface area contributed by atoms with Crippen LogP contribution >= 0.6 is 34.5 Å². The maximum atomic E-state index is 14.2. The number of carbonyl (C=O) groups is 1. The van der Waals surface area contributed by atoms with E-state index in [9.17, 15) is 18.0 Å². The molecule has 1 aromatic heterocycles. The molecule has 204 valence electrons. The van der Waals surface area contributed by atoms with Gasteiger partial charge in [-0.15, -0.1) is 11.3 Å². The molecule has 0 saturated heterocycles. The predicted octanol–water partition coefficient (Wildman–Crippen LogP) is 4.12. The van der Waals surface area contributed by atoms with Crippen LogP contribution in [-0.2, 0) is 19.4 Å². The summed E-state index contributed by atoms with van der Waals surface area (Å²) in [5.41, 5.74) is 7.14. The smallest absolute Gasteiger partial charge is 0.338 e. The zero-order valence-corrected chi connectivity index (χ0v) is 24.2. The van der Waals surface area contributed by atoms with E-state index in [1.807, 2.05) is 0 Å². The molecule has 0 spiro atoms. The summed E-state index contributed by atoms with van der Waals surface area (Å²) >= 11 is 13.2. The molecule has 3 aromatic carbocycles. The summed E-state index contributed by atoms with van der Waals surface area (Å²) in [4.78, 5) is 27.0. The van der Waals surface area contributed by atoms with Crippen LogP contribution in [0.4, 0.5) is 0 Å². The summed E-state index contributed by atoms with van der Waals surface area (Å²) in [5, 5.41) is 0.959. The van der Waals surface area contributed by atoms with Crippen LogP contribution in [0.2, 0.25) is 10.0 Å². The van der Waals surface area contributed by atoms with Gasteiger partial charge in [-0.2, -0.15) is 0 Å². The average molecular weight is 614 g/mol. The third kappa shape index (κ3) is 5.01. The lowest BCUT2D eigenvalue weighted by molar-refractivity contribution is -0.136. The lowest BCUT2D eigenvalue weighted by atomic mass is 9.89. The zero-order valence-electron chi connectivity index (χ0n) is 21.0. The number of rotatable bonds is 6. The van der Waals surface area contributed by atoms with E-state index in [1.54, 1.807) is 79.7 Å². The van der Waals surface area contributed by atoms with Gasteiger partial charge in [0.2, 0.25) is 9.84 Å². The fourth-order valence-electron chi connectivity index (χ4n) is 4.51. The number of hydrogen-bond donors (Lipinski definition) is 1. The maximum Gasteiger partial charge on any atom is 0.338 e. The lowest BCUT2D eigenvalue weighted by Crippen LogP contribution is -2.41. The number of ether oxygens (including phenoxy) is 1. The second-order valence-corrected chi connectivity index (χ2v) is 12.6. The number of nitrogens with zero attached hydrogens (tertiary/aromatic N) is 1. The molecule has 0 aliphatic carbocycles. The first kappa shape index (κ1) is 27.9. The molecule has 1 aliphatic heterocycles. The Morgan fingerprint density at radius 3 is 2.20 bits per heavy atom. The number of nitrogens with two attached hydrogens (primary N) is 1. The van der Waals surface area contributed by atoms with Crippen molar-refractivity contribution >= 4 is 67.8 Å². The first-order valence-corrected chi connectivity index (χ1v) is 15.1. The van der Waals surface area contributed by atoms with E-state index >= 15 is 0 Å². The predicted molar refractivity (Wildman–Crippen MR) is 158 cm³/mol. The van der Waals surface area contributed by atoms with E-state index in [0.717, 1.165) is 15.9 Å². The van der Waals surface area contributed by atoms with Crippen molar-refractivity contribution in [2.75, 3.05) is 6.61 Å².